The summed E-state index contributed by atoms with van der Waals surface area (Å²) in [6.07, 6.45) is 0. The second-order valence-corrected chi connectivity index (χ2v) is 5.99. The van der Waals surface area contributed by atoms with Crippen LogP contribution in [0.1, 0.15) is 5.56 Å². The van der Waals surface area contributed by atoms with Gasteiger partial charge in [0.2, 0.25) is 0 Å². The summed E-state index contributed by atoms with van der Waals surface area (Å²) < 4.78 is 1.12. The number of fused-ring (bicyclic) bond motifs is 1. The summed E-state index contributed by atoms with van der Waals surface area (Å²) in [7, 11) is 0. The van der Waals surface area contributed by atoms with Crippen molar-refractivity contribution < 1.29 is 0 Å². The molecule has 4 heteroatoms. The van der Waals surface area contributed by atoms with E-state index in [0.717, 1.165) is 9.40 Å². The standard InChI is InChI=1S/C13H8N2S2/c14-7-10-9-6-11(8-4-2-1-3-5-8)16-13(9)17-12(10)15/h1-6H,15H2. The number of hydrogen-bond donors (Lipinski definition) is 1. The fraction of sp³-hybridized carbons (Fsp3) is 0. The third-order valence-corrected chi connectivity index (χ3v) is 4.89. The molecule has 0 fully saturated rings. The van der Waals surface area contributed by atoms with Crippen LogP contribution in [0.5, 0.6) is 0 Å². The lowest BCUT2D eigenvalue weighted by Gasteiger charge is -1.94. The van der Waals surface area contributed by atoms with Crippen molar-refractivity contribution in [1.82, 2.24) is 0 Å². The van der Waals surface area contributed by atoms with E-state index < -0.39 is 0 Å². The van der Waals surface area contributed by atoms with Crippen LogP contribution in [0.25, 0.3) is 19.8 Å². The molecule has 0 radical (unpaired) electrons. The fourth-order valence-electron chi connectivity index (χ4n) is 1.77. The zero-order chi connectivity index (χ0) is 11.8. The molecule has 0 saturated heterocycles. The van der Waals surface area contributed by atoms with Crippen molar-refractivity contribution in [1.29, 1.82) is 5.26 Å². The first-order chi connectivity index (χ1) is 8.29. The summed E-state index contributed by atoms with van der Waals surface area (Å²) in [4.78, 5) is 1.18. The van der Waals surface area contributed by atoms with E-state index in [4.69, 9.17) is 11.0 Å². The van der Waals surface area contributed by atoms with Crippen molar-refractivity contribution in [3.05, 3.63) is 42.0 Å². The molecule has 0 aliphatic carbocycles. The van der Waals surface area contributed by atoms with E-state index in [9.17, 15) is 0 Å². The molecule has 2 N–H and O–H groups in total. The van der Waals surface area contributed by atoms with Crippen LogP contribution < -0.4 is 5.73 Å². The average molecular weight is 256 g/mol. The maximum atomic E-state index is 9.07. The number of thiophene rings is 2. The lowest BCUT2D eigenvalue weighted by atomic mass is 10.1. The van der Waals surface area contributed by atoms with Gasteiger partial charge in [-0.05, 0) is 11.6 Å². The predicted molar refractivity (Wildman–Crippen MR) is 74.3 cm³/mol. The van der Waals surface area contributed by atoms with Crippen LogP contribution in [0.15, 0.2) is 36.4 Å². The summed E-state index contributed by atoms with van der Waals surface area (Å²) in [6, 6.07) is 14.4. The number of benzene rings is 1. The summed E-state index contributed by atoms with van der Waals surface area (Å²) >= 11 is 3.18. The van der Waals surface area contributed by atoms with Gasteiger partial charge in [0, 0.05) is 10.3 Å². The van der Waals surface area contributed by atoms with E-state index in [-0.39, 0.29) is 0 Å². The van der Waals surface area contributed by atoms with Gasteiger partial charge in [-0.1, -0.05) is 30.3 Å². The van der Waals surface area contributed by atoms with Crippen LogP contribution >= 0.6 is 22.7 Å². The summed E-state index contributed by atoms with van der Waals surface area (Å²) in [5, 5.41) is 10.7. The van der Waals surface area contributed by atoms with Gasteiger partial charge in [0.05, 0.1) is 9.58 Å². The molecule has 0 amide bonds. The summed E-state index contributed by atoms with van der Waals surface area (Å²) in [6.45, 7) is 0. The van der Waals surface area contributed by atoms with E-state index in [2.05, 4.69) is 24.3 Å². The first-order valence-electron chi connectivity index (χ1n) is 5.07. The Morgan fingerprint density at radius 2 is 1.88 bits per heavy atom. The van der Waals surface area contributed by atoms with Crippen molar-refractivity contribution in [2.75, 3.05) is 5.73 Å². The SMILES string of the molecule is N#Cc1c(N)sc2sc(-c3ccccc3)cc12. The van der Waals surface area contributed by atoms with Crippen molar-refractivity contribution >= 4 is 37.1 Å². The van der Waals surface area contributed by atoms with Crippen molar-refractivity contribution in [2.24, 2.45) is 0 Å². The van der Waals surface area contributed by atoms with E-state index in [1.807, 2.05) is 18.2 Å². The number of anilines is 1. The molecule has 0 unspecified atom stereocenters. The molecule has 0 aliphatic heterocycles. The Labute approximate surface area is 107 Å². The minimum absolute atomic E-state index is 0.614. The van der Waals surface area contributed by atoms with Gasteiger partial charge in [-0.25, -0.2) is 0 Å². The van der Waals surface area contributed by atoms with Crippen LogP contribution in [-0.4, -0.2) is 0 Å². The van der Waals surface area contributed by atoms with Crippen molar-refractivity contribution in [2.45, 2.75) is 0 Å². The second kappa shape index (κ2) is 3.88. The molecule has 17 heavy (non-hydrogen) atoms. The van der Waals surface area contributed by atoms with Gasteiger partial charge in [0.25, 0.3) is 0 Å². The smallest absolute Gasteiger partial charge is 0.106 e. The highest BCUT2D eigenvalue weighted by molar-refractivity contribution is 7.41. The minimum Gasteiger partial charge on any atom is -0.389 e. The van der Waals surface area contributed by atoms with Gasteiger partial charge in [-0.15, -0.1) is 22.7 Å². The maximum Gasteiger partial charge on any atom is 0.106 e. The molecule has 0 atom stereocenters. The van der Waals surface area contributed by atoms with Gasteiger partial charge in [0.1, 0.15) is 11.1 Å². The third kappa shape index (κ3) is 1.60. The molecule has 0 aliphatic rings. The van der Waals surface area contributed by atoms with E-state index in [0.29, 0.717) is 10.6 Å². The molecular formula is C13H8N2S2. The summed E-state index contributed by atoms with van der Waals surface area (Å²) in [5.74, 6) is 0. The molecule has 2 nitrogen and oxygen atoms in total. The Hall–Kier alpha value is -1.83. The topological polar surface area (TPSA) is 49.8 Å². The molecule has 82 valence electrons. The van der Waals surface area contributed by atoms with Crippen LogP contribution in [0.3, 0.4) is 0 Å². The largest absolute Gasteiger partial charge is 0.389 e. The molecule has 2 aromatic heterocycles. The maximum absolute atomic E-state index is 9.07. The Kier molecular flexibility index (Phi) is 2.36. The monoisotopic (exact) mass is 256 g/mol. The fourth-order valence-corrected chi connectivity index (χ4v) is 4.10. The first-order valence-corrected chi connectivity index (χ1v) is 6.70. The Bertz CT molecular complexity index is 717. The molecule has 3 aromatic rings. The molecule has 2 heterocycles. The summed E-state index contributed by atoms with van der Waals surface area (Å²) in [5.41, 5.74) is 7.60. The zero-order valence-corrected chi connectivity index (χ0v) is 10.4. The van der Waals surface area contributed by atoms with Gasteiger partial charge in [0.15, 0.2) is 0 Å². The van der Waals surface area contributed by atoms with E-state index in [1.54, 1.807) is 11.3 Å². The van der Waals surface area contributed by atoms with Crippen molar-refractivity contribution in [3.8, 4) is 16.5 Å². The third-order valence-electron chi connectivity index (χ3n) is 2.59. The molecule has 3 rings (SSSR count). The normalized spacial score (nSPS) is 10.5. The Morgan fingerprint density at radius 3 is 2.59 bits per heavy atom. The van der Waals surface area contributed by atoms with Crippen LogP contribution in [-0.2, 0) is 0 Å². The van der Waals surface area contributed by atoms with Crippen LogP contribution in [0, 0.1) is 11.3 Å². The highest BCUT2D eigenvalue weighted by Gasteiger charge is 2.13. The Morgan fingerprint density at radius 1 is 1.12 bits per heavy atom. The van der Waals surface area contributed by atoms with Crippen LogP contribution in [0.2, 0.25) is 0 Å². The molecule has 0 saturated carbocycles. The lowest BCUT2D eigenvalue weighted by Crippen LogP contribution is -1.81. The molecule has 0 spiro atoms. The number of rotatable bonds is 1. The van der Waals surface area contributed by atoms with Crippen LogP contribution in [0.4, 0.5) is 5.00 Å². The van der Waals surface area contributed by atoms with Crippen molar-refractivity contribution in [3.63, 3.8) is 0 Å². The van der Waals surface area contributed by atoms with Gasteiger partial charge in [-0.2, -0.15) is 5.26 Å². The van der Waals surface area contributed by atoms with E-state index in [1.165, 1.54) is 21.8 Å². The number of nitrogens with two attached hydrogens (primary N) is 1. The molecule has 1 aromatic carbocycles. The van der Waals surface area contributed by atoms with Gasteiger partial charge in [-0.3, -0.25) is 0 Å². The average Bonchev–Trinajstić information content (AvgIpc) is 2.86. The highest BCUT2D eigenvalue weighted by atomic mass is 32.2. The quantitative estimate of drug-likeness (QED) is 0.713. The molecule has 0 bridgehead atoms. The number of hydrogen-bond acceptors (Lipinski definition) is 4. The number of nitrogens with zero attached hydrogens (tertiary/aromatic N) is 1. The first kappa shape index (κ1) is 10.3. The molecular weight excluding hydrogens is 248 g/mol. The second-order valence-electron chi connectivity index (χ2n) is 3.63. The number of nitriles is 1. The highest BCUT2D eigenvalue weighted by Crippen LogP contribution is 2.42. The van der Waals surface area contributed by atoms with Gasteiger partial charge < -0.3 is 5.73 Å². The number of nitrogen functional groups attached to an aromatic ring is 1. The lowest BCUT2D eigenvalue weighted by molar-refractivity contribution is 1.52. The predicted octanol–water partition coefficient (Wildman–Crippen LogP) is 4.08. The van der Waals surface area contributed by atoms with E-state index >= 15 is 0 Å². The Balaban J connectivity index is 2.22. The minimum atomic E-state index is 0.614. The zero-order valence-electron chi connectivity index (χ0n) is 8.81. The van der Waals surface area contributed by atoms with Gasteiger partial charge >= 0.3 is 0 Å².